The standard InChI is InChI=1S/C13H27N.5C2H6/c1-3-7-12(2)10-14-11-13-8-5-4-6-9-13;5*1-2/h12-14H,3-11H2,1-2H3;5*1-2H3. The van der Waals surface area contributed by atoms with Crippen LogP contribution >= 0.6 is 0 Å². The largest absolute Gasteiger partial charge is 0.316 e. The van der Waals surface area contributed by atoms with E-state index < -0.39 is 0 Å². The minimum Gasteiger partial charge on any atom is -0.316 e. The summed E-state index contributed by atoms with van der Waals surface area (Å²) in [6.45, 7) is 27.1. The van der Waals surface area contributed by atoms with Crippen LogP contribution in [0.4, 0.5) is 0 Å². The Morgan fingerprint density at radius 1 is 0.750 bits per heavy atom. The van der Waals surface area contributed by atoms with Crippen molar-refractivity contribution in [2.75, 3.05) is 13.1 Å². The molecule has 0 saturated heterocycles. The molecule has 1 rings (SSSR count). The summed E-state index contributed by atoms with van der Waals surface area (Å²) in [5.41, 5.74) is 0. The van der Waals surface area contributed by atoms with Gasteiger partial charge in [0.2, 0.25) is 0 Å². The van der Waals surface area contributed by atoms with E-state index in [-0.39, 0.29) is 0 Å². The zero-order valence-electron chi connectivity index (χ0n) is 20.0. The molecule has 1 aliphatic carbocycles. The molecule has 1 N–H and O–H groups in total. The smallest absolute Gasteiger partial charge is 0.00204 e. The van der Waals surface area contributed by atoms with Crippen LogP contribution in [0.1, 0.15) is 128 Å². The maximum atomic E-state index is 3.64. The van der Waals surface area contributed by atoms with Crippen molar-refractivity contribution in [2.24, 2.45) is 11.8 Å². The molecular formula is C23H57N. The van der Waals surface area contributed by atoms with Gasteiger partial charge in [0, 0.05) is 0 Å². The molecule has 1 fully saturated rings. The second-order valence-corrected chi connectivity index (χ2v) is 5.06. The van der Waals surface area contributed by atoms with Crippen LogP contribution < -0.4 is 5.32 Å². The molecular weight excluding hydrogens is 290 g/mol. The maximum Gasteiger partial charge on any atom is -0.00204 e. The third kappa shape index (κ3) is 33.5. The van der Waals surface area contributed by atoms with Crippen LogP contribution in [0.5, 0.6) is 0 Å². The monoisotopic (exact) mass is 347 g/mol. The van der Waals surface area contributed by atoms with E-state index in [4.69, 9.17) is 0 Å². The molecule has 0 radical (unpaired) electrons. The molecule has 24 heavy (non-hydrogen) atoms. The average Bonchev–Trinajstić information content (AvgIpc) is 2.71. The topological polar surface area (TPSA) is 12.0 Å². The number of rotatable bonds is 6. The molecule has 0 amide bonds. The first-order chi connectivity index (χ1) is 11.8. The van der Waals surface area contributed by atoms with Crippen LogP contribution in [0.2, 0.25) is 0 Å². The van der Waals surface area contributed by atoms with Gasteiger partial charge in [0.25, 0.3) is 0 Å². The first kappa shape index (κ1) is 35.1. The number of hydrogen-bond donors (Lipinski definition) is 1. The number of nitrogens with one attached hydrogen (secondary N) is 1. The van der Waals surface area contributed by atoms with Crippen molar-refractivity contribution in [2.45, 2.75) is 128 Å². The van der Waals surface area contributed by atoms with Crippen LogP contribution in [0.25, 0.3) is 0 Å². The molecule has 1 saturated carbocycles. The lowest BCUT2D eigenvalue weighted by molar-refractivity contribution is 0.332. The highest BCUT2D eigenvalue weighted by Gasteiger charge is 2.12. The van der Waals surface area contributed by atoms with Gasteiger partial charge in [0.1, 0.15) is 0 Å². The molecule has 1 aliphatic rings. The summed E-state index contributed by atoms with van der Waals surface area (Å²) in [7, 11) is 0. The summed E-state index contributed by atoms with van der Waals surface area (Å²) in [5.74, 6) is 1.85. The molecule has 0 aromatic carbocycles. The summed E-state index contributed by atoms with van der Waals surface area (Å²) < 4.78 is 0. The maximum absolute atomic E-state index is 3.64. The zero-order valence-corrected chi connectivity index (χ0v) is 20.0. The van der Waals surface area contributed by atoms with E-state index in [1.54, 1.807) is 0 Å². The quantitative estimate of drug-likeness (QED) is 0.506. The van der Waals surface area contributed by atoms with E-state index in [9.17, 15) is 0 Å². The molecule has 0 aromatic rings. The van der Waals surface area contributed by atoms with Gasteiger partial charge in [-0.25, -0.2) is 0 Å². The van der Waals surface area contributed by atoms with Crippen molar-refractivity contribution in [3.8, 4) is 0 Å². The fraction of sp³-hybridized carbons (Fsp3) is 1.00. The van der Waals surface area contributed by atoms with E-state index in [1.807, 2.05) is 69.2 Å². The van der Waals surface area contributed by atoms with Crippen molar-refractivity contribution < 1.29 is 0 Å². The van der Waals surface area contributed by atoms with Gasteiger partial charge in [0.05, 0.1) is 0 Å². The fourth-order valence-electron chi connectivity index (χ4n) is 2.52. The highest BCUT2D eigenvalue weighted by molar-refractivity contribution is 4.68. The van der Waals surface area contributed by atoms with Crippen LogP contribution in [0.3, 0.4) is 0 Å². The lowest BCUT2D eigenvalue weighted by Crippen LogP contribution is -2.28. The molecule has 0 bridgehead atoms. The molecule has 1 heteroatoms. The third-order valence-electron chi connectivity index (χ3n) is 3.43. The minimum atomic E-state index is 0.864. The van der Waals surface area contributed by atoms with E-state index >= 15 is 0 Å². The SMILES string of the molecule is CC.CC.CC.CC.CC.CCCC(C)CNCC1CCCCC1. The Morgan fingerprint density at radius 3 is 1.54 bits per heavy atom. The molecule has 1 nitrogen and oxygen atoms in total. The molecule has 1 unspecified atom stereocenters. The van der Waals surface area contributed by atoms with Crippen LogP contribution in [-0.2, 0) is 0 Å². The Balaban J connectivity index is -0.000000103. The van der Waals surface area contributed by atoms with Gasteiger partial charge in [-0.05, 0) is 44.2 Å². The fourth-order valence-corrected chi connectivity index (χ4v) is 2.52. The summed E-state index contributed by atoms with van der Waals surface area (Å²) >= 11 is 0. The first-order valence-corrected chi connectivity index (χ1v) is 11.5. The van der Waals surface area contributed by atoms with Crippen LogP contribution in [-0.4, -0.2) is 13.1 Å². The molecule has 154 valence electrons. The normalized spacial score (nSPS) is 13.5. The lowest BCUT2D eigenvalue weighted by Gasteiger charge is -2.22. The minimum absolute atomic E-state index is 0.864. The predicted molar refractivity (Wildman–Crippen MR) is 120 cm³/mol. The van der Waals surface area contributed by atoms with Gasteiger partial charge < -0.3 is 5.32 Å². The Morgan fingerprint density at radius 2 is 1.17 bits per heavy atom. The molecule has 0 aromatic heterocycles. The summed E-state index contributed by atoms with van der Waals surface area (Å²) in [6, 6.07) is 0. The predicted octanol–water partition coefficient (Wildman–Crippen LogP) is 8.72. The second kappa shape index (κ2) is 43.5. The van der Waals surface area contributed by atoms with E-state index in [2.05, 4.69) is 19.2 Å². The Labute approximate surface area is 158 Å². The van der Waals surface area contributed by atoms with Crippen molar-refractivity contribution in [3.63, 3.8) is 0 Å². The molecule has 0 aliphatic heterocycles. The highest BCUT2D eigenvalue weighted by atomic mass is 14.9. The average molecular weight is 348 g/mol. The van der Waals surface area contributed by atoms with E-state index in [0.29, 0.717) is 0 Å². The van der Waals surface area contributed by atoms with Crippen molar-refractivity contribution in [3.05, 3.63) is 0 Å². The summed E-state index contributed by atoms with van der Waals surface area (Å²) in [4.78, 5) is 0. The van der Waals surface area contributed by atoms with E-state index in [0.717, 1.165) is 11.8 Å². The van der Waals surface area contributed by atoms with Crippen molar-refractivity contribution in [1.82, 2.24) is 5.32 Å². The van der Waals surface area contributed by atoms with Gasteiger partial charge in [0.15, 0.2) is 0 Å². The first-order valence-electron chi connectivity index (χ1n) is 11.5. The Hall–Kier alpha value is -0.0400. The van der Waals surface area contributed by atoms with Crippen molar-refractivity contribution in [1.29, 1.82) is 0 Å². The molecule has 0 spiro atoms. The van der Waals surface area contributed by atoms with Gasteiger partial charge >= 0.3 is 0 Å². The highest BCUT2D eigenvalue weighted by Crippen LogP contribution is 2.22. The number of hydrogen-bond acceptors (Lipinski definition) is 1. The Kier molecular flexibility index (Phi) is 63.6. The summed E-state index contributed by atoms with van der Waals surface area (Å²) in [5, 5.41) is 3.64. The third-order valence-corrected chi connectivity index (χ3v) is 3.43. The van der Waals surface area contributed by atoms with Gasteiger partial charge in [-0.15, -0.1) is 0 Å². The van der Waals surface area contributed by atoms with Gasteiger partial charge in [-0.3, -0.25) is 0 Å². The lowest BCUT2D eigenvalue weighted by atomic mass is 9.89. The van der Waals surface area contributed by atoms with E-state index in [1.165, 1.54) is 58.0 Å². The van der Waals surface area contributed by atoms with Gasteiger partial charge in [-0.2, -0.15) is 0 Å². The zero-order chi connectivity index (χ0) is 20.2. The molecule has 1 atom stereocenters. The second-order valence-electron chi connectivity index (χ2n) is 5.06. The van der Waals surface area contributed by atoms with Crippen LogP contribution in [0, 0.1) is 11.8 Å². The van der Waals surface area contributed by atoms with Crippen LogP contribution in [0.15, 0.2) is 0 Å². The Bertz CT molecular complexity index is 128. The van der Waals surface area contributed by atoms with Gasteiger partial charge in [-0.1, -0.05) is 109 Å². The summed E-state index contributed by atoms with van der Waals surface area (Å²) in [6.07, 6.45) is 10.0. The van der Waals surface area contributed by atoms with Crippen molar-refractivity contribution >= 4 is 0 Å². The molecule has 0 heterocycles.